The Morgan fingerprint density at radius 3 is 2.80 bits per heavy atom. The molecule has 0 spiro atoms. The van der Waals surface area contributed by atoms with E-state index >= 15 is 0 Å². The average Bonchev–Trinajstić information content (AvgIpc) is 3.52. The number of H-pyrrole nitrogens is 1. The topological polar surface area (TPSA) is 88.1 Å². The number of carbonyl (C=O) groups is 1. The number of amides is 1. The van der Waals surface area contributed by atoms with Crippen LogP contribution in [0, 0.1) is 5.82 Å². The zero-order valence-corrected chi connectivity index (χ0v) is 19.3. The monoisotopic (exact) mass is 474 g/mol. The first-order chi connectivity index (χ1) is 17.1. The van der Waals surface area contributed by atoms with Gasteiger partial charge in [0.2, 0.25) is 0 Å². The van der Waals surface area contributed by atoms with Gasteiger partial charge in [-0.25, -0.2) is 9.07 Å². The Hall–Kier alpha value is -3.56. The fourth-order valence-corrected chi connectivity index (χ4v) is 5.06. The minimum Gasteiger partial charge on any atom is -0.365 e. The molecule has 1 saturated heterocycles. The SMILES string of the molecule is O=C(NC1CCN(Cc2nnn3c2COC(c2ccc(F)cc2)C3)CC1)c1cccc2[nH]ccc12. The van der Waals surface area contributed by atoms with Crippen LogP contribution in [-0.2, 0) is 24.4 Å². The summed E-state index contributed by atoms with van der Waals surface area (Å²) in [4.78, 5) is 18.4. The summed E-state index contributed by atoms with van der Waals surface area (Å²) in [6, 6.07) is 14.3. The van der Waals surface area contributed by atoms with Crippen molar-refractivity contribution >= 4 is 16.8 Å². The second kappa shape index (κ2) is 9.24. The van der Waals surface area contributed by atoms with Crippen molar-refractivity contribution in [2.45, 2.75) is 44.7 Å². The van der Waals surface area contributed by atoms with E-state index in [9.17, 15) is 9.18 Å². The predicted molar refractivity (Wildman–Crippen MR) is 128 cm³/mol. The Kier molecular flexibility index (Phi) is 5.79. The lowest BCUT2D eigenvalue weighted by molar-refractivity contribution is -0.00220. The minimum atomic E-state index is -0.255. The number of carbonyl (C=O) groups excluding carboxylic acids is 1. The first kappa shape index (κ1) is 21.9. The minimum absolute atomic E-state index is 0.0196. The van der Waals surface area contributed by atoms with Crippen LogP contribution in [0.15, 0.2) is 54.7 Å². The molecule has 4 aromatic rings. The van der Waals surface area contributed by atoms with Gasteiger partial charge in [0, 0.05) is 48.3 Å². The number of rotatable bonds is 5. The molecule has 0 bridgehead atoms. The summed E-state index contributed by atoms with van der Waals surface area (Å²) < 4.78 is 21.2. The maximum Gasteiger partial charge on any atom is 0.252 e. The van der Waals surface area contributed by atoms with Crippen LogP contribution in [0.2, 0.25) is 0 Å². The first-order valence-corrected chi connectivity index (χ1v) is 12.0. The molecule has 4 heterocycles. The van der Waals surface area contributed by atoms with Crippen molar-refractivity contribution in [3.63, 3.8) is 0 Å². The molecule has 180 valence electrons. The summed E-state index contributed by atoms with van der Waals surface area (Å²) in [6.45, 7) is 3.47. The number of aromatic amines is 1. The highest BCUT2D eigenvalue weighted by Gasteiger charge is 2.27. The molecule has 8 nitrogen and oxygen atoms in total. The van der Waals surface area contributed by atoms with Crippen LogP contribution in [0.4, 0.5) is 4.39 Å². The number of hydrogen-bond acceptors (Lipinski definition) is 5. The van der Waals surface area contributed by atoms with Crippen LogP contribution >= 0.6 is 0 Å². The molecule has 1 unspecified atom stereocenters. The molecule has 2 aromatic carbocycles. The van der Waals surface area contributed by atoms with E-state index in [-0.39, 0.29) is 23.9 Å². The third-order valence-corrected chi connectivity index (χ3v) is 7.06. The van der Waals surface area contributed by atoms with Gasteiger partial charge < -0.3 is 15.0 Å². The summed E-state index contributed by atoms with van der Waals surface area (Å²) >= 11 is 0. The lowest BCUT2D eigenvalue weighted by Gasteiger charge is -2.32. The number of likely N-dealkylation sites (tertiary alicyclic amines) is 1. The van der Waals surface area contributed by atoms with Crippen LogP contribution in [-0.4, -0.2) is 49.9 Å². The molecular formula is C26H27FN6O2. The number of ether oxygens (including phenoxy) is 1. The fraction of sp³-hybridized carbons (Fsp3) is 0.346. The molecule has 9 heteroatoms. The van der Waals surface area contributed by atoms with Crippen molar-refractivity contribution in [2.24, 2.45) is 0 Å². The van der Waals surface area contributed by atoms with E-state index in [1.54, 1.807) is 12.1 Å². The van der Waals surface area contributed by atoms with Gasteiger partial charge in [-0.3, -0.25) is 9.69 Å². The van der Waals surface area contributed by atoms with E-state index in [2.05, 4.69) is 25.5 Å². The molecule has 2 aliphatic rings. The van der Waals surface area contributed by atoms with E-state index in [4.69, 9.17) is 4.74 Å². The highest BCUT2D eigenvalue weighted by Crippen LogP contribution is 2.28. The molecule has 2 aliphatic heterocycles. The van der Waals surface area contributed by atoms with E-state index in [1.807, 2.05) is 35.1 Å². The van der Waals surface area contributed by atoms with Gasteiger partial charge in [0.05, 0.1) is 18.8 Å². The van der Waals surface area contributed by atoms with Crippen molar-refractivity contribution in [1.29, 1.82) is 0 Å². The van der Waals surface area contributed by atoms with Gasteiger partial charge in [-0.15, -0.1) is 5.10 Å². The lowest BCUT2D eigenvalue weighted by atomic mass is 10.0. The molecule has 35 heavy (non-hydrogen) atoms. The standard InChI is InChI=1S/C26H27FN6O2/c27-18-6-4-17(5-7-18)25-15-33-24(16-35-25)23(30-31-33)14-32-12-9-19(10-13-32)29-26(34)21-2-1-3-22-20(21)8-11-28-22/h1-8,11,19,25,28H,9-10,12-16H2,(H,29,34). The van der Waals surface area contributed by atoms with Crippen molar-refractivity contribution < 1.29 is 13.9 Å². The number of nitrogens with one attached hydrogen (secondary N) is 2. The Bertz CT molecular complexity index is 1340. The molecule has 1 fully saturated rings. The van der Waals surface area contributed by atoms with Crippen LogP contribution in [0.5, 0.6) is 0 Å². The van der Waals surface area contributed by atoms with Gasteiger partial charge >= 0.3 is 0 Å². The van der Waals surface area contributed by atoms with Gasteiger partial charge in [-0.2, -0.15) is 0 Å². The molecule has 0 aliphatic carbocycles. The summed E-state index contributed by atoms with van der Waals surface area (Å²) in [5.74, 6) is -0.275. The van der Waals surface area contributed by atoms with Gasteiger partial charge in [0.15, 0.2) is 0 Å². The highest BCUT2D eigenvalue weighted by atomic mass is 19.1. The second-order valence-corrected chi connectivity index (χ2v) is 9.28. The van der Waals surface area contributed by atoms with Crippen LogP contribution in [0.25, 0.3) is 10.9 Å². The number of aromatic nitrogens is 4. The Balaban J connectivity index is 1.04. The van der Waals surface area contributed by atoms with Gasteiger partial charge in [0.1, 0.15) is 17.6 Å². The molecule has 0 saturated carbocycles. The van der Waals surface area contributed by atoms with Gasteiger partial charge in [0.25, 0.3) is 5.91 Å². The van der Waals surface area contributed by atoms with Gasteiger partial charge in [-0.05, 0) is 48.7 Å². The smallest absolute Gasteiger partial charge is 0.252 e. The fourth-order valence-electron chi connectivity index (χ4n) is 5.06. The highest BCUT2D eigenvalue weighted by molar-refractivity contribution is 6.06. The second-order valence-electron chi connectivity index (χ2n) is 9.28. The van der Waals surface area contributed by atoms with Crippen molar-refractivity contribution in [1.82, 2.24) is 30.2 Å². The molecule has 2 aromatic heterocycles. The Morgan fingerprint density at radius 1 is 1.14 bits per heavy atom. The molecule has 1 amide bonds. The summed E-state index contributed by atoms with van der Waals surface area (Å²) in [5.41, 5.74) is 4.55. The lowest BCUT2D eigenvalue weighted by Crippen LogP contribution is -2.44. The first-order valence-electron chi connectivity index (χ1n) is 12.0. The quantitative estimate of drug-likeness (QED) is 0.462. The number of piperidine rings is 1. The van der Waals surface area contributed by atoms with Crippen LogP contribution < -0.4 is 5.32 Å². The van der Waals surface area contributed by atoms with Crippen molar-refractivity contribution in [2.75, 3.05) is 13.1 Å². The third-order valence-electron chi connectivity index (χ3n) is 7.06. The van der Waals surface area contributed by atoms with E-state index < -0.39 is 0 Å². The van der Waals surface area contributed by atoms with Crippen molar-refractivity contribution in [3.8, 4) is 0 Å². The number of hydrogen-bond donors (Lipinski definition) is 2. The van der Waals surface area contributed by atoms with E-state index in [0.29, 0.717) is 25.3 Å². The zero-order chi connectivity index (χ0) is 23.8. The van der Waals surface area contributed by atoms with Crippen molar-refractivity contribution in [3.05, 3.63) is 83.1 Å². The molecule has 6 rings (SSSR count). The number of halogens is 1. The van der Waals surface area contributed by atoms with Crippen LogP contribution in [0.3, 0.4) is 0 Å². The molecular weight excluding hydrogens is 447 g/mol. The Morgan fingerprint density at radius 2 is 1.97 bits per heavy atom. The average molecular weight is 475 g/mol. The third kappa shape index (κ3) is 4.44. The largest absolute Gasteiger partial charge is 0.365 e. The Labute approximate surface area is 202 Å². The van der Waals surface area contributed by atoms with E-state index in [1.165, 1.54) is 12.1 Å². The van der Waals surface area contributed by atoms with E-state index in [0.717, 1.165) is 53.8 Å². The number of nitrogens with zero attached hydrogens (tertiary/aromatic N) is 4. The van der Waals surface area contributed by atoms with Gasteiger partial charge in [-0.1, -0.05) is 23.4 Å². The summed E-state index contributed by atoms with van der Waals surface area (Å²) in [5, 5.41) is 12.9. The van der Waals surface area contributed by atoms with Crippen LogP contribution in [0.1, 0.15) is 46.3 Å². The maximum absolute atomic E-state index is 13.2. The predicted octanol–water partition coefficient (Wildman–Crippen LogP) is 3.56. The summed E-state index contributed by atoms with van der Waals surface area (Å²) in [6.07, 6.45) is 3.48. The summed E-state index contributed by atoms with van der Waals surface area (Å²) in [7, 11) is 0. The number of fused-ring (bicyclic) bond motifs is 2. The number of benzene rings is 2. The maximum atomic E-state index is 13.2. The zero-order valence-electron chi connectivity index (χ0n) is 19.3. The molecule has 2 N–H and O–H groups in total. The normalized spacial score (nSPS) is 19.1. The molecule has 0 radical (unpaired) electrons. The molecule has 1 atom stereocenters.